The monoisotopic (exact) mass is 300 g/mol. The highest BCUT2D eigenvalue weighted by atomic mass is 19.4. The summed E-state index contributed by atoms with van der Waals surface area (Å²) in [6.45, 7) is 0. The average molecular weight is 300 g/mol. The predicted molar refractivity (Wildman–Crippen MR) is 65.5 cm³/mol. The van der Waals surface area contributed by atoms with Crippen molar-refractivity contribution >= 4 is 5.97 Å². The van der Waals surface area contributed by atoms with Gasteiger partial charge in [-0.2, -0.15) is 13.2 Å². The molecule has 0 amide bonds. The van der Waals surface area contributed by atoms with Crippen LogP contribution in [0.1, 0.15) is 15.9 Å². The first-order chi connectivity index (χ1) is 9.70. The number of phenols is 1. The van der Waals surface area contributed by atoms with Crippen molar-refractivity contribution in [1.29, 1.82) is 0 Å². The summed E-state index contributed by atoms with van der Waals surface area (Å²) in [5.74, 6) is -3.21. The molecule has 0 bridgehead atoms. The Morgan fingerprint density at radius 3 is 2.24 bits per heavy atom. The molecule has 110 valence electrons. The fraction of sp³-hybridized carbons (Fsp3) is 0.0714. The smallest absolute Gasteiger partial charge is 0.419 e. The number of aromatic hydroxyl groups is 1. The maximum absolute atomic E-state index is 13.2. The quantitative estimate of drug-likeness (QED) is 0.827. The molecule has 0 unspecified atom stereocenters. The minimum absolute atomic E-state index is 0.0227. The number of hydrogen-bond donors (Lipinski definition) is 2. The molecule has 0 heterocycles. The molecule has 21 heavy (non-hydrogen) atoms. The maximum Gasteiger partial charge on any atom is 0.419 e. The van der Waals surface area contributed by atoms with E-state index in [1.165, 1.54) is 0 Å². The third kappa shape index (κ3) is 2.96. The zero-order chi connectivity index (χ0) is 15.8. The molecule has 3 nitrogen and oxygen atoms in total. The van der Waals surface area contributed by atoms with E-state index in [0.29, 0.717) is 12.1 Å². The molecule has 0 aliphatic rings. The van der Waals surface area contributed by atoms with Gasteiger partial charge in [0.1, 0.15) is 11.6 Å². The molecule has 0 saturated carbocycles. The van der Waals surface area contributed by atoms with Crippen molar-refractivity contribution in [1.82, 2.24) is 0 Å². The van der Waals surface area contributed by atoms with Crippen LogP contribution in [-0.2, 0) is 6.18 Å². The van der Waals surface area contributed by atoms with E-state index in [9.17, 15) is 27.5 Å². The van der Waals surface area contributed by atoms with Gasteiger partial charge in [0.15, 0.2) is 0 Å². The van der Waals surface area contributed by atoms with Gasteiger partial charge >= 0.3 is 12.1 Å². The van der Waals surface area contributed by atoms with Gasteiger partial charge < -0.3 is 10.2 Å². The Kier molecular flexibility index (Phi) is 3.59. The van der Waals surface area contributed by atoms with Gasteiger partial charge in [-0.15, -0.1) is 0 Å². The maximum atomic E-state index is 13.2. The Morgan fingerprint density at radius 1 is 1.05 bits per heavy atom. The topological polar surface area (TPSA) is 57.5 Å². The number of carboxylic acids is 1. The fourth-order valence-corrected chi connectivity index (χ4v) is 1.82. The zero-order valence-corrected chi connectivity index (χ0v) is 10.3. The van der Waals surface area contributed by atoms with Crippen LogP contribution in [0.5, 0.6) is 5.75 Å². The average Bonchev–Trinajstić information content (AvgIpc) is 2.38. The molecule has 7 heteroatoms. The van der Waals surface area contributed by atoms with Crippen LogP contribution in [0.4, 0.5) is 17.6 Å². The van der Waals surface area contributed by atoms with E-state index in [2.05, 4.69) is 0 Å². The summed E-state index contributed by atoms with van der Waals surface area (Å²) >= 11 is 0. The van der Waals surface area contributed by atoms with Gasteiger partial charge in [0.05, 0.1) is 11.1 Å². The van der Waals surface area contributed by atoms with Crippen LogP contribution >= 0.6 is 0 Å². The molecule has 2 rings (SSSR count). The molecule has 0 atom stereocenters. The van der Waals surface area contributed by atoms with Crippen LogP contribution < -0.4 is 0 Å². The van der Waals surface area contributed by atoms with Gasteiger partial charge in [0.2, 0.25) is 0 Å². The van der Waals surface area contributed by atoms with E-state index in [0.717, 1.165) is 24.3 Å². The van der Waals surface area contributed by atoms with E-state index < -0.39 is 29.3 Å². The number of phenolic OH excluding ortho intramolecular Hbond substituents is 1. The first kappa shape index (κ1) is 14.8. The normalized spacial score (nSPS) is 11.4. The first-order valence-corrected chi connectivity index (χ1v) is 5.63. The zero-order valence-electron chi connectivity index (χ0n) is 10.3. The summed E-state index contributed by atoms with van der Waals surface area (Å²) < 4.78 is 51.1. The Labute approximate surface area is 116 Å². The fourth-order valence-electron chi connectivity index (χ4n) is 1.82. The SMILES string of the molecule is O=C(O)c1ccc(-c2ccc(F)c(C(F)(F)F)c2)c(O)c1. The number of rotatable bonds is 2. The summed E-state index contributed by atoms with van der Waals surface area (Å²) in [5, 5.41) is 18.5. The first-order valence-electron chi connectivity index (χ1n) is 5.63. The molecule has 0 aliphatic carbocycles. The standard InChI is InChI=1S/C14H8F4O3/c15-11-4-2-7(5-10(11)14(16,17)18)9-3-1-8(13(20)21)6-12(9)19/h1-6,19H,(H,20,21). The molecule has 0 aliphatic heterocycles. The number of carboxylic acid groups (broad SMARTS) is 1. The third-order valence-electron chi connectivity index (χ3n) is 2.83. The van der Waals surface area contributed by atoms with Crippen LogP contribution in [0.3, 0.4) is 0 Å². The minimum Gasteiger partial charge on any atom is -0.507 e. The second-order valence-corrected chi connectivity index (χ2v) is 4.23. The van der Waals surface area contributed by atoms with Crippen molar-refractivity contribution in [2.45, 2.75) is 6.18 Å². The lowest BCUT2D eigenvalue weighted by Gasteiger charge is -2.11. The van der Waals surface area contributed by atoms with Gasteiger partial charge in [0, 0.05) is 5.56 Å². The highest BCUT2D eigenvalue weighted by Gasteiger charge is 2.34. The molecular formula is C14H8F4O3. The lowest BCUT2D eigenvalue weighted by molar-refractivity contribution is -0.139. The number of benzene rings is 2. The molecule has 0 saturated heterocycles. The van der Waals surface area contributed by atoms with Crippen LogP contribution in [0.15, 0.2) is 36.4 Å². The van der Waals surface area contributed by atoms with E-state index >= 15 is 0 Å². The molecule has 2 N–H and O–H groups in total. The molecule has 0 spiro atoms. The third-order valence-corrected chi connectivity index (χ3v) is 2.83. The highest BCUT2D eigenvalue weighted by Crippen LogP contribution is 2.36. The summed E-state index contributed by atoms with van der Waals surface area (Å²) in [7, 11) is 0. The van der Waals surface area contributed by atoms with Gasteiger partial charge in [-0.25, -0.2) is 9.18 Å². The van der Waals surface area contributed by atoms with Crippen LogP contribution in [0, 0.1) is 5.82 Å². The van der Waals surface area contributed by atoms with E-state index in [-0.39, 0.29) is 16.7 Å². The van der Waals surface area contributed by atoms with Gasteiger partial charge in [-0.05, 0) is 35.9 Å². The second-order valence-electron chi connectivity index (χ2n) is 4.23. The van der Waals surface area contributed by atoms with E-state index in [4.69, 9.17) is 5.11 Å². The van der Waals surface area contributed by atoms with Crippen LogP contribution in [0.25, 0.3) is 11.1 Å². The summed E-state index contributed by atoms with van der Waals surface area (Å²) in [6, 6.07) is 5.47. The number of hydrogen-bond acceptors (Lipinski definition) is 2. The van der Waals surface area contributed by atoms with Crippen molar-refractivity contribution in [2.24, 2.45) is 0 Å². The molecule has 0 radical (unpaired) electrons. The van der Waals surface area contributed by atoms with Crippen molar-refractivity contribution in [3.63, 3.8) is 0 Å². The number of alkyl halides is 3. The van der Waals surface area contributed by atoms with Crippen LogP contribution in [0.2, 0.25) is 0 Å². The Bertz CT molecular complexity index is 708. The molecular weight excluding hydrogens is 292 g/mol. The van der Waals surface area contributed by atoms with Crippen LogP contribution in [-0.4, -0.2) is 16.2 Å². The molecule has 2 aromatic carbocycles. The van der Waals surface area contributed by atoms with Gasteiger partial charge in [0.25, 0.3) is 0 Å². The van der Waals surface area contributed by atoms with Gasteiger partial charge in [-0.1, -0.05) is 6.07 Å². The Balaban J connectivity index is 2.55. The lowest BCUT2D eigenvalue weighted by Crippen LogP contribution is -2.08. The number of halogens is 4. The molecule has 0 aromatic heterocycles. The molecule has 0 fully saturated rings. The van der Waals surface area contributed by atoms with E-state index in [1.54, 1.807) is 0 Å². The summed E-state index contributed by atoms with van der Waals surface area (Å²) in [5.41, 5.74) is -1.76. The van der Waals surface area contributed by atoms with Gasteiger partial charge in [-0.3, -0.25) is 0 Å². The van der Waals surface area contributed by atoms with E-state index in [1.807, 2.05) is 0 Å². The number of aromatic carboxylic acids is 1. The Morgan fingerprint density at radius 2 is 1.71 bits per heavy atom. The highest BCUT2D eigenvalue weighted by molar-refractivity contribution is 5.89. The van der Waals surface area contributed by atoms with Crippen molar-refractivity contribution < 1.29 is 32.6 Å². The largest absolute Gasteiger partial charge is 0.507 e. The second kappa shape index (κ2) is 5.08. The minimum atomic E-state index is -4.86. The molecule has 2 aromatic rings. The predicted octanol–water partition coefficient (Wildman–Crippen LogP) is 3.92. The Hall–Kier alpha value is -2.57. The van der Waals surface area contributed by atoms with Crippen molar-refractivity contribution in [2.75, 3.05) is 0 Å². The van der Waals surface area contributed by atoms with Crippen molar-refractivity contribution in [3.05, 3.63) is 53.3 Å². The summed E-state index contributed by atoms with van der Waals surface area (Å²) in [4.78, 5) is 10.7. The van der Waals surface area contributed by atoms with Crippen molar-refractivity contribution in [3.8, 4) is 16.9 Å². The lowest BCUT2D eigenvalue weighted by atomic mass is 10.00. The number of carbonyl (C=O) groups is 1. The summed E-state index contributed by atoms with van der Waals surface area (Å²) in [6.07, 6.45) is -4.86.